The first-order valence-corrected chi connectivity index (χ1v) is 11.4. The Labute approximate surface area is 193 Å². The van der Waals surface area contributed by atoms with Gasteiger partial charge >= 0.3 is 0 Å². The molecule has 0 saturated carbocycles. The van der Waals surface area contributed by atoms with Crippen molar-refractivity contribution in [1.82, 2.24) is 10.3 Å². The number of amides is 1. The minimum Gasteiger partial charge on any atom is -0.497 e. The van der Waals surface area contributed by atoms with E-state index in [1.54, 1.807) is 7.11 Å². The maximum absolute atomic E-state index is 13.4. The van der Waals surface area contributed by atoms with Crippen LogP contribution in [0.4, 0.5) is 5.82 Å². The monoisotopic (exact) mass is 441 g/mol. The van der Waals surface area contributed by atoms with Crippen LogP contribution in [0.5, 0.6) is 5.75 Å². The molecule has 1 aliphatic heterocycles. The number of anilines is 1. The van der Waals surface area contributed by atoms with Crippen LogP contribution in [-0.4, -0.2) is 31.1 Å². The number of pyridine rings is 1. The summed E-state index contributed by atoms with van der Waals surface area (Å²) >= 11 is 0. The van der Waals surface area contributed by atoms with Crippen LogP contribution in [0.25, 0.3) is 22.1 Å². The van der Waals surface area contributed by atoms with Crippen molar-refractivity contribution in [2.45, 2.75) is 25.8 Å². The fourth-order valence-electron chi connectivity index (χ4n) is 4.47. The number of aromatic nitrogens is 1. The molecule has 1 aliphatic rings. The Morgan fingerprint density at radius 1 is 1.06 bits per heavy atom. The van der Waals surface area contributed by atoms with Crippen molar-refractivity contribution in [3.05, 3.63) is 78.2 Å². The Balaban J connectivity index is 1.46. The first kappa shape index (κ1) is 21.1. The molecule has 0 unspecified atom stereocenters. The summed E-state index contributed by atoms with van der Waals surface area (Å²) in [4.78, 5) is 20.3. The number of hydrogen-bond donors (Lipinski definition) is 1. The van der Waals surface area contributed by atoms with E-state index in [0.29, 0.717) is 23.6 Å². The van der Waals surface area contributed by atoms with E-state index < -0.39 is 0 Å². The van der Waals surface area contributed by atoms with Gasteiger partial charge in [-0.1, -0.05) is 36.4 Å². The van der Waals surface area contributed by atoms with Gasteiger partial charge in [0.05, 0.1) is 7.11 Å². The number of hydrogen-bond acceptors (Lipinski definition) is 5. The van der Waals surface area contributed by atoms with E-state index in [0.717, 1.165) is 41.0 Å². The van der Waals surface area contributed by atoms with Crippen molar-refractivity contribution in [3.63, 3.8) is 0 Å². The van der Waals surface area contributed by atoms with Crippen LogP contribution in [0.1, 0.15) is 35.4 Å². The van der Waals surface area contributed by atoms with E-state index in [9.17, 15) is 4.79 Å². The predicted octanol–water partition coefficient (Wildman–Crippen LogP) is 5.42. The third kappa shape index (κ3) is 4.29. The lowest BCUT2D eigenvalue weighted by molar-refractivity contribution is 0.0926. The van der Waals surface area contributed by atoms with Gasteiger partial charge in [0.15, 0.2) is 0 Å². The fourth-order valence-corrected chi connectivity index (χ4v) is 4.47. The predicted molar refractivity (Wildman–Crippen MR) is 130 cm³/mol. The molecule has 0 spiro atoms. The molecule has 0 radical (unpaired) electrons. The van der Waals surface area contributed by atoms with Gasteiger partial charge in [0.1, 0.15) is 17.2 Å². The zero-order chi connectivity index (χ0) is 22.6. The first-order valence-electron chi connectivity index (χ1n) is 11.4. The molecule has 0 bridgehead atoms. The van der Waals surface area contributed by atoms with Crippen molar-refractivity contribution in [1.29, 1.82) is 0 Å². The van der Waals surface area contributed by atoms with Gasteiger partial charge in [0, 0.05) is 48.4 Å². The largest absolute Gasteiger partial charge is 0.497 e. The second-order valence-electron chi connectivity index (χ2n) is 8.25. The lowest BCUT2D eigenvalue weighted by atomic mass is 10.0. The van der Waals surface area contributed by atoms with Crippen molar-refractivity contribution in [2.75, 3.05) is 25.1 Å². The third-order valence-electron chi connectivity index (χ3n) is 6.13. The van der Waals surface area contributed by atoms with Crippen LogP contribution >= 0.6 is 0 Å². The summed E-state index contributed by atoms with van der Waals surface area (Å²) in [5.74, 6) is 1.69. The minimum absolute atomic E-state index is 0.252. The van der Waals surface area contributed by atoms with Gasteiger partial charge < -0.3 is 19.4 Å². The molecule has 3 heterocycles. The molecule has 6 nitrogen and oxygen atoms in total. The molecule has 1 fully saturated rings. The Hall–Kier alpha value is -3.80. The summed E-state index contributed by atoms with van der Waals surface area (Å²) in [6, 6.07) is 19.4. The van der Waals surface area contributed by atoms with Crippen LogP contribution in [0, 0.1) is 0 Å². The number of rotatable bonds is 6. The zero-order valence-corrected chi connectivity index (χ0v) is 18.7. The SMILES string of the molecule is COc1ccc2c(-c3ccccc3)c(C(=O)NCc3cccnc3N3CCCCC3)oc2c1. The van der Waals surface area contributed by atoms with Crippen LogP contribution in [-0.2, 0) is 6.54 Å². The number of furan rings is 1. The Bertz CT molecular complexity index is 1260. The molecular formula is C27H27N3O3. The quantitative estimate of drug-likeness (QED) is 0.433. The van der Waals surface area contributed by atoms with Crippen molar-refractivity contribution in [3.8, 4) is 16.9 Å². The van der Waals surface area contributed by atoms with Crippen LogP contribution in [0.3, 0.4) is 0 Å². The third-order valence-corrected chi connectivity index (χ3v) is 6.13. The van der Waals surface area contributed by atoms with E-state index >= 15 is 0 Å². The highest BCUT2D eigenvalue weighted by Gasteiger charge is 2.23. The lowest BCUT2D eigenvalue weighted by Crippen LogP contribution is -2.32. The smallest absolute Gasteiger partial charge is 0.287 e. The number of carbonyl (C=O) groups is 1. The average molecular weight is 442 g/mol. The molecular weight excluding hydrogens is 414 g/mol. The highest BCUT2D eigenvalue weighted by molar-refractivity contribution is 6.08. The maximum atomic E-state index is 13.4. The Kier molecular flexibility index (Phi) is 5.98. The zero-order valence-electron chi connectivity index (χ0n) is 18.7. The molecule has 0 atom stereocenters. The number of carbonyl (C=O) groups excluding carboxylic acids is 1. The van der Waals surface area contributed by atoms with E-state index in [4.69, 9.17) is 9.15 Å². The number of nitrogens with zero attached hydrogens (tertiary/aromatic N) is 2. The molecule has 1 N–H and O–H groups in total. The van der Waals surface area contributed by atoms with E-state index in [2.05, 4.69) is 15.2 Å². The van der Waals surface area contributed by atoms with Gasteiger partial charge in [0.2, 0.25) is 5.76 Å². The lowest BCUT2D eigenvalue weighted by Gasteiger charge is -2.29. The Morgan fingerprint density at radius 2 is 1.88 bits per heavy atom. The number of fused-ring (bicyclic) bond motifs is 1. The van der Waals surface area contributed by atoms with Crippen LogP contribution < -0.4 is 15.0 Å². The molecule has 2 aromatic carbocycles. The van der Waals surface area contributed by atoms with Gasteiger partial charge in [-0.25, -0.2) is 4.98 Å². The summed E-state index contributed by atoms with van der Waals surface area (Å²) < 4.78 is 11.4. The van der Waals surface area contributed by atoms with Crippen molar-refractivity contribution in [2.24, 2.45) is 0 Å². The maximum Gasteiger partial charge on any atom is 0.287 e. The molecule has 1 amide bonds. The summed E-state index contributed by atoms with van der Waals surface area (Å²) in [5, 5.41) is 3.94. The highest BCUT2D eigenvalue weighted by atomic mass is 16.5. The van der Waals surface area contributed by atoms with Crippen molar-refractivity contribution >= 4 is 22.7 Å². The number of benzene rings is 2. The Morgan fingerprint density at radius 3 is 2.67 bits per heavy atom. The van der Waals surface area contributed by atoms with E-state index in [-0.39, 0.29) is 5.91 Å². The topological polar surface area (TPSA) is 67.6 Å². The first-order chi connectivity index (χ1) is 16.2. The molecule has 168 valence electrons. The number of ether oxygens (including phenoxy) is 1. The summed E-state index contributed by atoms with van der Waals surface area (Å²) in [7, 11) is 1.61. The summed E-state index contributed by atoms with van der Waals surface area (Å²) in [6.45, 7) is 2.39. The molecule has 1 saturated heterocycles. The normalized spacial score (nSPS) is 13.8. The summed E-state index contributed by atoms with van der Waals surface area (Å²) in [6.07, 6.45) is 5.42. The van der Waals surface area contributed by atoms with Crippen LogP contribution in [0.2, 0.25) is 0 Å². The second-order valence-corrected chi connectivity index (χ2v) is 8.25. The molecule has 4 aromatic rings. The fraction of sp³-hybridized carbons (Fsp3) is 0.259. The summed E-state index contributed by atoms with van der Waals surface area (Å²) in [5.41, 5.74) is 3.34. The molecule has 5 rings (SSSR count). The molecule has 0 aliphatic carbocycles. The van der Waals surface area contributed by atoms with Gasteiger partial charge in [-0.2, -0.15) is 0 Å². The second kappa shape index (κ2) is 9.36. The van der Waals surface area contributed by atoms with Gasteiger partial charge in [-0.05, 0) is 43.0 Å². The molecule has 2 aromatic heterocycles. The average Bonchev–Trinajstić information content (AvgIpc) is 3.27. The highest BCUT2D eigenvalue weighted by Crippen LogP contribution is 2.36. The van der Waals surface area contributed by atoms with Crippen molar-refractivity contribution < 1.29 is 13.9 Å². The van der Waals surface area contributed by atoms with Gasteiger partial charge in [0.25, 0.3) is 5.91 Å². The van der Waals surface area contributed by atoms with E-state index in [1.807, 2.05) is 66.9 Å². The molecule has 6 heteroatoms. The number of methoxy groups -OCH3 is 1. The van der Waals surface area contributed by atoms with E-state index in [1.165, 1.54) is 19.3 Å². The van der Waals surface area contributed by atoms with Gasteiger partial charge in [-0.3, -0.25) is 4.79 Å². The standard InChI is InChI=1S/C27H27N3O3/c1-32-21-12-13-22-23(17-21)33-25(24(22)19-9-4-2-5-10-19)27(31)29-18-20-11-8-14-28-26(20)30-15-6-3-7-16-30/h2,4-5,8-14,17H,3,6-7,15-16,18H2,1H3,(H,29,31). The van der Waals surface area contributed by atoms with Gasteiger partial charge in [-0.15, -0.1) is 0 Å². The van der Waals surface area contributed by atoms with Crippen LogP contribution in [0.15, 0.2) is 71.3 Å². The number of piperidine rings is 1. The minimum atomic E-state index is -0.252. The number of nitrogens with one attached hydrogen (secondary N) is 1. The molecule has 33 heavy (non-hydrogen) atoms.